The van der Waals surface area contributed by atoms with Crippen molar-refractivity contribution in [3.8, 4) is 0 Å². The van der Waals surface area contributed by atoms with Crippen molar-refractivity contribution in [2.24, 2.45) is 0 Å². The molecular weight excluding hydrogens is 303 g/mol. The van der Waals surface area contributed by atoms with E-state index in [-0.39, 0.29) is 23.5 Å². The quantitative estimate of drug-likeness (QED) is 0.373. The molecule has 1 rings (SSSR count). The number of benzene rings is 1. The van der Waals surface area contributed by atoms with Gasteiger partial charge in [-0.05, 0) is 19.1 Å². The van der Waals surface area contributed by atoms with Gasteiger partial charge in [0.2, 0.25) is 0 Å². The zero-order chi connectivity index (χ0) is 16.6. The third kappa shape index (κ3) is 6.80. The van der Waals surface area contributed by atoms with E-state index in [0.29, 0.717) is 0 Å². The van der Waals surface area contributed by atoms with Gasteiger partial charge in [-0.3, -0.25) is 14.9 Å². The number of nitrogens with zero attached hydrogens (tertiary/aromatic N) is 1. The predicted octanol–water partition coefficient (Wildman–Crippen LogP) is 2.53. The Morgan fingerprint density at radius 2 is 1.95 bits per heavy atom. The molecule has 0 unspecified atom stereocenters. The van der Waals surface area contributed by atoms with Crippen LogP contribution in [0.25, 0.3) is 0 Å². The van der Waals surface area contributed by atoms with Crippen LogP contribution in [0.4, 0.5) is 15.3 Å². The van der Waals surface area contributed by atoms with Crippen LogP contribution in [-0.4, -0.2) is 31.4 Å². The first kappa shape index (κ1) is 19.0. The van der Waals surface area contributed by atoms with E-state index in [1.165, 1.54) is 19.1 Å². The molecule has 0 saturated carbocycles. The standard InChI is InChI=1S/C10H11FN2O5S.C2H6/c1-7(14)9-3-2-8(6-10(9)13(15)16)12-4-5-19(11,17)18;1-2/h2-3,6,12H,4-5H2,1H3;1-2H3. The summed E-state index contributed by atoms with van der Waals surface area (Å²) in [7, 11) is -4.59. The van der Waals surface area contributed by atoms with Gasteiger partial charge in [0.15, 0.2) is 5.78 Å². The van der Waals surface area contributed by atoms with Crippen molar-refractivity contribution >= 4 is 27.4 Å². The highest BCUT2D eigenvalue weighted by atomic mass is 32.3. The summed E-state index contributed by atoms with van der Waals surface area (Å²) in [4.78, 5) is 21.2. The number of hydrogen-bond donors (Lipinski definition) is 1. The molecule has 0 fully saturated rings. The Kier molecular flexibility index (Phi) is 7.50. The first-order valence-electron chi connectivity index (χ1n) is 6.16. The zero-order valence-electron chi connectivity index (χ0n) is 11.9. The van der Waals surface area contributed by atoms with Crippen LogP contribution in [0.15, 0.2) is 18.2 Å². The van der Waals surface area contributed by atoms with Crippen molar-refractivity contribution in [3.05, 3.63) is 33.9 Å². The lowest BCUT2D eigenvalue weighted by atomic mass is 10.1. The number of ketones is 1. The van der Waals surface area contributed by atoms with Crippen LogP contribution in [0, 0.1) is 10.1 Å². The monoisotopic (exact) mass is 320 g/mol. The number of nitrogens with one attached hydrogen (secondary N) is 1. The highest BCUT2D eigenvalue weighted by Crippen LogP contribution is 2.23. The number of rotatable bonds is 6. The Hall–Kier alpha value is -2.03. The Balaban J connectivity index is 0.00000191. The van der Waals surface area contributed by atoms with Crippen LogP contribution < -0.4 is 5.32 Å². The molecule has 1 aromatic rings. The Morgan fingerprint density at radius 1 is 1.38 bits per heavy atom. The fourth-order valence-electron chi connectivity index (χ4n) is 1.41. The van der Waals surface area contributed by atoms with Gasteiger partial charge in [0.1, 0.15) is 0 Å². The van der Waals surface area contributed by atoms with Gasteiger partial charge in [0, 0.05) is 18.3 Å². The molecule has 0 bridgehead atoms. The smallest absolute Gasteiger partial charge is 0.304 e. The molecule has 0 amide bonds. The van der Waals surface area contributed by atoms with E-state index in [1.54, 1.807) is 0 Å². The zero-order valence-corrected chi connectivity index (χ0v) is 12.7. The van der Waals surface area contributed by atoms with E-state index in [4.69, 9.17) is 0 Å². The van der Waals surface area contributed by atoms with Gasteiger partial charge in [-0.1, -0.05) is 13.8 Å². The molecule has 0 saturated heterocycles. The van der Waals surface area contributed by atoms with Gasteiger partial charge in [0.25, 0.3) is 5.69 Å². The largest absolute Gasteiger partial charge is 0.384 e. The van der Waals surface area contributed by atoms with Crippen molar-refractivity contribution in [1.82, 2.24) is 0 Å². The van der Waals surface area contributed by atoms with Crippen LogP contribution in [0.3, 0.4) is 0 Å². The van der Waals surface area contributed by atoms with Gasteiger partial charge in [-0.2, -0.15) is 8.42 Å². The summed E-state index contributed by atoms with van der Waals surface area (Å²) in [5.74, 6) is -1.19. The van der Waals surface area contributed by atoms with Crippen LogP contribution in [0.2, 0.25) is 0 Å². The first-order chi connectivity index (χ1) is 9.70. The Labute approximate surface area is 122 Å². The van der Waals surface area contributed by atoms with Crippen molar-refractivity contribution < 1.29 is 22.0 Å². The summed E-state index contributed by atoms with van der Waals surface area (Å²) >= 11 is 0. The molecule has 0 heterocycles. The minimum absolute atomic E-state index is 0.0475. The molecule has 0 atom stereocenters. The van der Waals surface area contributed by atoms with E-state index in [0.717, 1.165) is 6.07 Å². The summed E-state index contributed by atoms with van der Waals surface area (Å²) in [6.45, 7) is 4.97. The minimum Gasteiger partial charge on any atom is -0.384 e. The van der Waals surface area contributed by atoms with Crippen LogP contribution in [-0.2, 0) is 10.2 Å². The summed E-state index contributed by atoms with van der Waals surface area (Å²) in [5.41, 5.74) is -0.199. The summed E-state index contributed by atoms with van der Waals surface area (Å²) in [6, 6.07) is 3.74. The topological polar surface area (TPSA) is 106 Å². The second-order valence-corrected chi connectivity index (χ2v) is 5.20. The molecule has 21 heavy (non-hydrogen) atoms. The fraction of sp³-hybridized carbons (Fsp3) is 0.417. The van der Waals surface area contributed by atoms with E-state index < -0.39 is 26.7 Å². The maximum absolute atomic E-state index is 12.2. The predicted molar refractivity (Wildman–Crippen MR) is 77.8 cm³/mol. The van der Waals surface area contributed by atoms with E-state index in [2.05, 4.69) is 5.32 Å². The van der Waals surface area contributed by atoms with Crippen molar-refractivity contribution in [3.63, 3.8) is 0 Å². The van der Waals surface area contributed by atoms with Crippen molar-refractivity contribution in [2.75, 3.05) is 17.6 Å². The Morgan fingerprint density at radius 3 is 2.38 bits per heavy atom. The number of Topliss-reactive ketones (excluding diaryl/α,β-unsaturated/α-hetero) is 1. The molecule has 1 N–H and O–H groups in total. The number of hydrogen-bond acceptors (Lipinski definition) is 6. The van der Waals surface area contributed by atoms with Gasteiger partial charge in [-0.15, -0.1) is 3.89 Å². The summed E-state index contributed by atoms with van der Waals surface area (Å²) < 4.78 is 32.8. The van der Waals surface area contributed by atoms with E-state index in [9.17, 15) is 27.2 Å². The van der Waals surface area contributed by atoms with Gasteiger partial charge in [-0.25, -0.2) is 0 Å². The second kappa shape index (κ2) is 8.30. The van der Waals surface area contributed by atoms with Crippen molar-refractivity contribution in [2.45, 2.75) is 20.8 Å². The third-order valence-electron chi connectivity index (χ3n) is 2.25. The molecule has 0 aliphatic carbocycles. The molecule has 7 nitrogen and oxygen atoms in total. The lowest BCUT2D eigenvalue weighted by molar-refractivity contribution is -0.385. The average molecular weight is 320 g/mol. The maximum Gasteiger partial charge on any atom is 0.304 e. The normalized spacial score (nSPS) is 10.3. The molecule has 0 aromatic heterocycles. The SMILES string of the molecule is CC.CC(=O)c1ccc(NCCS(=O)(=O)F)cc1[N+](=O)[O-]. The van der Waals surface area contributed by atoms with E-state index >= 15 is 0 Å². The molecule has 118 valence electrons. The number of carbonyl (C=O) groups is 1. The van der Waals surface area contributed by atoms with Crippen LogP contribution >= 0.6 is 0 Å². The number of carbonyl (C=O) groups excluding carboxylic acids is 1. The number of nitro benzene ring substituents is 1. The molecule has 0 aliphatic rings. The highest BCUT2D eigenvalue weighted by molar-refractivity contribution is 7.86. The third-order valence-corrected chi connectivity index (χ3v) is 2.94. The molecule has 0 radical (unpaired) electrons. The average Bonchev–Trinajstić information content (AvgIpc) is 2.39. The first-order valence-corrected chi connectivity index (χ1v) is 7.71. The molecule has 1 aromatic carbocycles. The van der Waals surface area contributed by atoms with E-state index in [1.807, 2.05) is 13.8 Å². The molecular formula is C12H17FN2O5S. The van der Waals surface area contributed by atoms with Crippen LogP contribution in [0.5, 0.6) is 0 Å². The minimum atomic E-state index is -4.59. The molecule has 9 heteroatoms. The number of nitro groups is 1. The lowest BCUT2D eigenvalue weighted by Gasteiger charge is -2.06. The number of halogens is 1. The number of anilines is 1. The van der Waals surface area contributed by atoms with Gasteiger partial charge < -0.3 is 5.32 Å². The molecule has 0 spiro atoms. The van der Waals surface area contributed by atoms with Crippen LogP contribution in [0.1, 0.15) is 31.1 Å². The van der Waals surface area contributed by atoms with Gasteiger partial charge in [0.05, 0.1) is 16.2 Å². The lowest BCUT2D eigenvalue weighted by Crippen LogP contribution is -2.12. The van der Waals surface area contributed by atoms with Gasteiger partial charge >= 0.3 is 10.2 Å². The van der Waals surface area contributed by atoms with Crippen molar-refractivity contribution in [1.29, 1.82) is 0 Å². The Bertz CT molecular complexity index is 616. The summed E-state index contributed by atoms with van der Waals surface area (Å²) in [5, 5.41) is 13.3. The second-order valence-electron chi connectivity index (χ2n) is 3.71. The maximum atomic E-state index is 12.2. The highest BCUT2D eigenvalue weighted by Gasteiger charge is 2.18. The fourth-order valence-corrected chi connectivity index (χ4v) is 1.75. The summed E-state index contributed by atoms with van der Waals surface area (Å²) in [6.07, 6.45) is 0. The molecule has 0 aliphatic heterocycles.